The number of amides is 1. The highest BCUT2D eigenvalue weighted by molar-refractivity contribution is 7.80. The highest BCUT2D eigenvalue weighted by atomic mass is 32.1. The smallest absolute Gasteiger partial charge is 0.338 e. The van der Waals surface area contributed by atoms with E-state index in [-0.39, 0.29) is 18.4 Å². The fraction of sp³-hybridized carbons (Fsp3) is 0.522. The summed E-state index contributed by atoms with van der Waals surface area (Å²) in [5.41, 5.74) is 2.92. The second-order valence-electron chi connectivity index (χ2n) is 7.85. The molecule has 8 heteroatoms. The summed E-state index contributed by atoms with van der Waals surface area (Å²) in [7, 11) is 1.56. The van der Waals surface area contributed by atoms with Gasteiger partial charge in [0.1, 0.15) is 6.61 Å². The number of anilines is 1. The van der Waals surface area contributed by atoms with Crippen LogP contribution < -0.4 is 10.6 Å². The minimum Gasteiger partial charge on any atom is -0.460 e. The molecule has 1 atom stereocenters. The monoisotopic (exact) mass is 445 g/mol. The van der Waals surface area contributed by atoms with Gasteiger partial charge in [-0.3, -0.25) is 4.79 Å². The second kappa shape index (κ2) is 10.7. The highest BCUT2D eigenvalue weighted by Gasteiger charge is 2.34. The summed E-state index contributed by atoms with van der Waals surface area (Å²) in [6.07, 6.45) is 4.15. The van der Waals surface area contributed by atoms with E-state index in [9.17, 15) is 9.59 Å². The van der Waals surface area contributed by atoms with Crippen molar-refractivity contribution in [2.24, 2.45) is 5.92 Å². The second-order valence-corrected chi connectivity index (χ2v) is 8.23. The molecular weight excluding hydrogens is 414 g/mol. The van der Waals surface area contributed by atoms with Crippen molar-refractivity contribution in [3.05, 3.63) is 41.1 Å². The van der Waals surface area contributed by atoms with Crippen LogP contribution in [-0.2, 0) is 19.1 Å². The third kappa shape index (κ3) is 5.43. The Morgan fingerprint density at radius 1 is 1.19 bits per heavy atom. The third-order valence-electron chi connectivity index (χ3n) is 5.89. The Kier molecular flexibility index (Phi) is 8.03. The van der Waals surface area contributed by atoms with E-state index >= 15 is 0 Å². The molecule has 1 heterocycles. The van der Waals surface area contributed by atoms with Crippen LogP contribution in [0.4, 0.5) is 5.69 Å². The van der Waals surface area contributed by atoms with Crippen molar-refractivity contribution in [2.75, 3.05) is 32.2 Å². The average Bonchev–Trinajstić information content (AvgIpc) is 3.29. The number of allylic oxidation sites excluding steroid dienone is 1. The number of nitrogens with zero attached hydrogens (tertiary/aromatic N) is 1. The molecule has 0 spiro atoms. The first-order valence-corrected chi connectivity index (χ1v) is 11.2. The number of carbonyl (C=O) groups excluding carboxylic acids is 2. The maximum absolute atomic E-state index is 12.9. The summed E-state index contributed by atoms with van der Waals surface area (Å²) in [6.45, 7) is 5.02. The maximum Gasteiger partial charge on any atom is 0.338 e. The van der Waals surface area contributed by atoms with Crippen molar-refractivity contribution >= 4 is 34.9 Å². The van der Waals surface area contributed by atoms with Crippen LogP contribution in [0.1, 0.15) is 51.1 Å². The van der Waals surface area contributed by atoms with Gasteiger partial charge in [-0.25, -0.2) is 4.79 Å². The normalized spacial score (nSPS) is 19.4. The predicted molar refractivity (Wildman–Crippen MR) is 123 cm³/mol. The molecule has 168 valence electrons. The Morgan fingerprint density at radius 2 is 1.87 bits per heavy atom. The third-order valence-corrected chi connectivity index (χ3v) is 6.23. The van der Waals surface area contributed by atoms with E-state index in [1.54, 1.807) is 7.11 Å². The van der Waals surface area contributed by atoms with Gasteiger partial charge in [0.2, 0.25) is 5.91 Å². The van der Waals surface area contributed by atoms with Crippen LogP contribution in [0.5, 0.6) is 0 Å². The molecule has 1 aromatic rings. The first-order chi connectivity index (χ1) is 15.0. The summed E-state index contributed by atoms with van der Waals surface area (Å²) in [5, 5.41) is 6.84. The SMILES string of the molecule is CCN1C(=S)NC(c2ccc(NC(=O)C3CCCC3)cc2)C(C(=O)OCCOC)=C1C. The first-order valence-electron chi connectivity index (χ1n) is 10.8. The molecule has 1 aliphatic carbocycles. The number of hydrogen-bond acceptors (Lipinski definition) is 5. The van der Waals surface area contributed by atoms with Gasteiger partial charge < -0.3 is 25.0 Å². The van der Waals surface area contributed by atoms with E-state index in [1.165, 1.54) is 0 Å². The van der Waals surface area contributed by atoms with Gasteiger partial charge in [0.15, 0.2) is 5.11 Å². The van der Waals surface area contributed by atoms with E-state index in [0.717, 1.165) is 42.6 Å². The summed E-state index contributed by atoms with van der Waals surface area (Å²) in [5.74, 6) is -0.207. The topological polar surface area (TPSA) is 79.9 Å². The number of rotatable bonds is 8. The van der Waals surface area contributed by atoms with Gasteiger partial charge in [0, 0.05) is 31.0 Å². The van der Waals surface area contributed by atoms with E-state index in [1.807, 2.05) is 43.0 Å². The fourth-order valence-electron chi connectivity index (χ4n) is 4.16. The van der Waals surface area contributed by atoms with Gasteiger partial charge in [-0.15, -0.1) is 0 Å². The summed E-state index contributed by atoms with van der Waals surface area (Å²) >= 11 is 5.52. The molecule has 1 aromatic carbocycles. The molecule has 0 saturated heterocycles. The van der Waals surface area contributed by atoms with Crippen molar-refractivity contribution in [1.29, 1.82) is 0 Å². The van der Waals surface area contributed by atoms with Crippen LogP contribution in [-0.4, -0.2) is 48.8 Å². The molecule has 2 N–H and O–H groups in total. The lowest BCUT2D eigenvalue weighted by molar-refractivity contribution is -0.140. The van der Waals surface area contributed by atoms with Crippen LogP contribution in [0, 0.1) is 5.92 Å². The van der Waals surface area contributed by atoms with Crippen molar-refractivity contribution < 1.29 is 19.1 Å². The molecule has 0 bridgehead atoms. The minimum atomic E-state index is -0.426. The van der Waals surface area contributed by atoms with Crippen molar-refractivity contribution in [2.45, 2.75) is 45.6 Å². The highest BCUT2D eigenvalue weighted by Crippen LogP contribution is 2.32. The van der Waals surface area contributed by atoms with Crippen LogP contribution in [0.3, 0.4) is 0 Å². The lowest BCUT2D eigenvalue weighted by atomic mass is 9.94. The van der Waals surface area contributed by atoms with Gasteiger partial charge in [-0.1, -0.05) is 25.0 Å². The van der Waals surface area contributed by atoms with Crippen molar-refractivity contribution in [3.8, 4) is 0 Å². The van der Waals surface area contributed by atoms with E-state index < -0.39 is 12.0 Å². The zero-order chi connectivity index (χ0) is 22.4. The van der Waals surface area contributed by atoms with E-state index in [4.69, 9.17) is 21.7 Å². The average molecular weight is 446 g/mol. The Morgan fingerprint density at radius 3 is 2.48 bits per heavy atom. The maximum atomic E-state index is 12.9. The van der Waals surface area contributed by atoms with Crippen LogP contribution in [0.25, 0.3) is 0 Å². The quantitative estimate of drug-likeness (QED) is 0.360. The van der Waals surface area contributed by atoms with Crippen molar-refractivity contribution in [3.63, 3.8) is 0 Å². The number of esters is 1. The predicted octanol–water partition coefficient (Wildman–Crippen LogP) is 3.53. The Labute approximate surface area is 189 Å². The first kappa shape index (κ1) is 23.2. The van der Waals surface area contributed by atoms with E-state index in [2.05, 4.69) is 10.6 Å². The number of carbonyl (C=O) groups is 2. The van der Waals surface area contributed by atoms with Crippen LogP contribution >= 0.6 is 12.2 Å². The number of nitrogens with one attached hydrogen (secondary N) is 2. The lowest BCUT2D eigenvalue weighted by Crippen LogP contribution is -2.47. The number of benzene rings is 1. The van der Waals surface area contributed by atoms with Gasteiger partial charge in [0.25, 0.3) is 0 Å². The summed E-state index contributed by atoms with van der Waals surface area (Å²) in [4.78, 5) is 27.2. The Bertz CT molecular complexity index is 847. The van der Waals surface area contributed by atoms with Crippen molar-refractivity contribution in [1.82, 2.24) is 10.2 Å². The molecule has 1 fully saturated rings. The van der Waals surface area contributed by atoms with Crippen LogP contribution in [0.2, 0.25) is 0 Å². The number of hydrogen-bond donors (Lipinski definition) is 2. The largest absolute Gasteiger partial charge is 0.460 e. The summed E-state index contributed by atoms with van der Waals surface area (Å²) in [6, 6.07) is 7.11. The standard InChI is InChI=1S/C23H31N3O4S/c1-4-26-15(2)19(22(28)30-14-13-29-3)20(25-23(26)31)16-9-11-18(12-10-16)24-21(27)17-7-5-6-8-17/h9-12,17,20H,4-8,13-14H2,1-3H3,(H,24,27)(H,25,31). The zero-order valence-corrected chi connectivity index (χ0v) is 19.2. The zero-order valence-electron chi connectivity index (χ0n) is 18.4. The molecule has 3 rings (SSSR count). The molecule has 0 radical (unpaired) electrons. The number of thiocarbonyl (C=S) groups is 1. The number of methoxy groups -OCH3 is 1. The molecule has 1 saturated carbocycles. The van der Waals surface area contributed by atoms with Gasteiger partial charge >= 0.3 is 5.97 Å². The molecule has 2 aliphatic rings. The molecule has 7 nitrogen and oxygen atoms in total. The Hall–Kier alpha value is -2.45. The minimum absolute atomic E-state index is 0.0824. The molecular formula is C23H31N3O4S. The molecule has 0 aromatic heterocycles. The molecule has 1 unspecified atom stereocenters. The lowest BCUT2D eigenvalue weighted by Gasteiger charge is -2.37. The summed E-state index contributed by atoms with van der Waals surface area (Å²) < 4.78 is 10.4. The molecule has 31 heavy (non-hydrogen) atoms. The molecule has 1 aliphatic heterocycles. The molecule has 1 amide bonds. The van der Waals surface area contributed by atoms with Crippen LogP contribution in [0.15, 0.2) is 35.5 Å². The van der Waals surface area contributed by atoms with Gasteiger partial charge in [-0.2, -0.15) is 0 Å². The van der Waals surface area contributed by atoms with Gasteiger partial charge in [-0.05, 0) is 56.6 Å². The van der Waals surface area contributed by atoms with Gasteiger partial charge in [0.05, 0.1) is 18.2 Å². The van der Waals surface area contributed by atoms with E-state index in [0.29, 0.717) is 23.8 Å². The fourth-order valence-corrected chi connectivity index (χ4v) is 4.55. The number of ether oxygens (including phenoxy) is 2. The Balaban J connectivity index is 1.80.